The molecule has 0 spiro atoms. The maximum atomic E-state index is 8.80. The highest BCUT2D eigenvalue weighted by molar-refractivity contribution is 5.14. The van der Waals surface area contributed by atoms with Crippen molar-refractivity contribution in [1.29, 1.82) is 5.26 Å². The molecule has 0 heterocycles. The minimum Gasteiger partial charge on any atom is -0.300 e. The van der Waals surface area contributed by atoms with Gasteiger partial charge in [-0.05, 0) is 38.8 Å². The third-order valence-corrected chi connectivity index (χ3v) is 2.33. The van der Waals surface area contributed by atoms with E-state index in [-0.39, 0.29) is 0 Å². The summed E-state index contributed by atoms with van der Waals surface area (Å²) in [4.78, 5) is 0. The molecule has 0 aliphatic rings. The molecule has 0 aliphatic carbocycles. The van der Waals surface area contributed by atoms with Gasteiger partial charge in [0.05, 0.1) is 6.07 Å². The van der Waals surface area contributed by atoms with Gasteiger partial charge in [-0.3, -0.25) is 5.32 Å². The first kappa shape index (κ1) is 11.7. The average molecular weight is 202 g/mol. The summed E-state index contributed by atoms with van der Waals surface area (Å²) in [6.07, 6.45) is 2.13. The third kappa shape index (κ3) is 4.62. The molecule has 0 radical (unpaired) electrons. The minimum atomic E-state index is -0.406. The molecule has 0 aliphatic heterocycles. The van der Waals surface area contributed by atoms with Gasteiger partial charge in [-0.25, -0.2) is 0 Å². The number of hydrogen-bond donors (Lipinski definition) is 1. The van der Waals surface area contributed by atoms with Gasteiger partial charge < -0.3 is 0 Å². The van der Waals surface area contributed by atoms with Crippen LogP contribution < -0.4 is 5.32 Å². The van der Waals surface area contributed by atoms with Gasteiger partial charge in [0.25, 0.3) is 0 Å². The lowest BCUT2D eigenvalue weighted by Crippen LogP contribution is -2.38. The molecule has 15 heavy (non-hydrogen) atoms. The van der Waals surface area contributed by atoms with Gasteiger partial charge in [-0.2, -0.15) is 5.26 Å². The highest BCUT2D eigenvalue weighted by Crippen LogP contribution is 2.03. The second-order valence-electron chi connectivity index (χ2n) is 4.25. The van der Waals surface area contributed by atoms with E-state index < -0.39 is 5.54 Å². The van der Waals surface area contributed by atoms with Gasteiger partial charge in [-0.15, -0.1) is 0 Å². The molecule has 2 heteroatoms. The van der Waals surface area contributed by atoms with Gasteiger partial charge in [-0.1, -0.05) is 30.3 Å². The first-order valence-corrected chi connectivity index (χ1v) is 5.34. The van der Waals surface area contributed by atoms with Crippen molar-refractivity contribution in [3.05, 3.63) is 35.9 Å². The maximum absolute atomic E-state index is 8.80. The zero-order valence-corrected chi connectivity index (χ0v) is 9.46. The fraction of sp³-hybridized carbons (Fsp3) is 0.462. The van der Waals surface area contributed by atoms with Gasteiger partial charge in [0.1, 0.15) is 5.54 Å². The molecule has 1 rings (SSSR count). The van der Waals surface area contributed by atoms with Crippen LogP contribution >= 0.6 is 0 Å². The molecular formula is C13H18N2. The van der Waals surface area contributed by atoms with E-state index >= 15 is 0 Å². The van der Waals surface area contributed by atoms with Gasteiger partial charge in [0, 0.05) is 0 Å². The molecule has 0 saturated carbocycles. The first-order chi connectivity index (χ1) is 7.14. The number of nitriles is 1. The van der Waals surface area contributed by atoms with Crippen molar-refractivity contribution in [3.8, 4) is 6.07 Å². The Morgan fingerprint density at radius 3 is 2.53 bits per heavy atom. The van der Waals surface area contributed by atoms with Crippen molar-refractivity contribution in [2.24, 2.45) is 0 Å². The lowest BCUT2D eigenvalue weighted by Gasteiger charge is -2.17. The topological polar surface area (TPSA) is 35.8 Å². The summed E-state index contributed by atoms with van der Waals surface area (Å²) in [5.41, 5.74) is 0.950. The summed E-state index contributed by atoms with van der Waals surface area (Å²) >= 11 is 0. The Kier molecular flexibility index (Phi) is 4.33. The molecule has 0 amide bonds. The Labute approximate surface area is 91.9 Å². The number of benzene rings is 1. The van der Waals surface area contributed by atoms with Crippen LogP contribution in [0.3, 0.4) is 0 Å². The van der Waals surface area contributed by atoms with Gasteiger partial charge in [0.2, 0.25) is 0 Å². The van der Waals surface area contributed by atoms with Crippen molar-refractivity contribution >= 4 is 0 Å². The van der Waals surface area contributed by atoms with E-state index in [0.29, 0.717) is 0 Å². The van der Waals surface area contributed by atoms with Gasteiger partial charge >= 0.3 is 0 Å². The molecular weight excluding hydrogens is 184 g/mol. The van der Waals surface area contributed by atoms with Crippen LogP contribution in [0.2, 0.25) is 0 Å². The summed E-state index contributed by atoms with van der Waals surface area (Å²) in [5, 5.41) is 12.0. The van der Waals surface area contributed by atoms with Crippen molar-refractivity contribution in [2.45, 2.75) is 32.2 Å². The smallest absolute Gasteiger partial charge is 0.101 e. The van der Waals surface area contributed by atoms with Crippen LogP contribution in [-0.2, 0) is 6.42 Å². The van der Waals surface area contributed by atoms with E-state index in [9.17, 15) is 0 Å². The van der Waals surface area contributed by atoms with Crippen LogP contribution in [0.15, 0.2) is 30.3 Å². The second kappa shape index (κ2) is 5.53. The van der Waals surface area contributed by atoms with E-state index in [4.69, 9.17) is 5.26 Å². The SMILES string of the molecule is CC(C)(C#N)NCCCc1ccccc1. The summed E-state index contributed by atoms with van der Waals surface area (Å²) < 4.78 is 0. The second-order valence-corrected chi connectivity index (χ2v) is 4.25. The third-order valence-electron chi connectivity index (χ3n) is 2.33. The molecule has 1 aromatic carbocycles. The van der Waals surface area contributed by atoms with E-state index in [1.165, 1.54) is 5.56 Å². The number of hydrogen-bond acceptors (Lipinski definition) is 2. The number of nitrogens with zero attached hydrogens (tertiary/aromatic N) is 1. The molecule has 0 atom stereocenters. The van der Waals surface area contributed by atoms with Crippen LogP contribution in [0.1, 0.15) is 25.8 Å². The van der Waals surface area contributed by atoms with Crippen LogP contribution in [0.5, 0.6) is 0 Å². The highest BCUT2D eigenvalue weighted by Gasteiger charge is 2.13. The van der Waals surface area contributed by atoms with Crippen LogP contribution in [0, 0.1) is 11.3 Å². The van der Waals surface area contributed by atoms with Crippen molar-refractivity contribution in [3.63, 3.8) is 0 Å². The molecule has 0 bridgehead atoms. The van der Waals surface area contributed by atoms with Crippen LogP contribution in [0.25, 0.3) is 0 Å². The Morgan fingerprint density at radius 2 is 1.93 bits per heavy atom. The molecule has 1 N–H and O–H groups in total. The molecule has 2 nitrogen and oxygen atoms in total. The predicted octanol–water partition coefficient (Wildman–Crippen LogP) is 2.51. The Bertz CT molecular complexity index is 322. The fourth-order valence-corrected chi connectivity index (χ4v) is 1.38. The minimum absolute atomic E-state index is 0.406. The number of nitrogens with one attached hydrogen (secondary N) is 1. The van der Waals surface area contributed by atoms with E-state index in [1.54, 1.807) is 0 Å². The molecule has 0 fully saturated rings. The van der Waals surface area contributed by atoms with Crippen LogP contribution in [-0.4, -0.2) is 12.1 Å². The van der Waals surface area contributed by atoms with Gasteiger partial charge in [0.15, 0.2) is 0 Å². The molecule has 0 aromatic heterocycles. The van der Waals surface area contributed by atoms with Crippen molar-refractivity contribution < 1.29 is 0 Å². The Morgan fingerprint density at radius 1 is 1.27 bits per heavy atom. The monoisotopic (exact) mass is 202 g/mol. The first-order valence-electron chi connectivity index (χ1n) is 5.34. The quantitative estimate of drug-likeness (QED) is 0.745. The zero-order chi connectivity index (χ0) is 11.1. The number of rotatable bonds is 5. The molecule has 1 aromatic rings. The Hall–Kier alpha value is -1.33. The normalized spacial score (nSPS) is 11.0. The van der Waals surface area contributed by atoms with E-state index in [0.717, 1.165) is 19.4 Å². The fourth-order valence-electron chi connectivity index (χ4n) is 1.38. The summed E-state index contributed by atoms with van der Waals surface area (Å²) in [5.74, 6) is 0. The van der Waals surface area contributed by atoms with Crippen molar-refractivity contribution in [2.75, 3.05) is 6.54 Å². The Balaban J connectivity index is 2.21. The maximum Gasteiger partial charge on any atom is 0.101 e. The zero-order valence-electron chi connectivity index (χ0n) is 9.46. The molecule has 0 unspecified atom stereocenters. The average Bonchev–Trinajstić information content (AvgIpc) is 2.26. The van der Waals surface area contributed by atoms with E-state index in [2.05, 4.69) is 35.7 Å². The summed E-state index contributed by atoms with van der Waals surface area (Å²) in [7, 11) is 0. The summed E-state index contributed by atoms with van der Waals surface area (Å²) in [6, 6.07) is 12.6. The largest absolute Gasteiger partial charge is 0.300 e. The van der Waals surface area contributed by atoms with Crippen molar-refractivity contribution in [1.82, 2.24) is 5.32 Å². The molecule has 0 saturated heterocycles. The van der Waals surface area contributed by atoms with E-state index in [1.807, 2.05) is 19.9 Å². The van der Waals surface area contributed by atoms with Crippen LogP contribution in [0.4, 0.5) is 0 Å². The summed E-state index contributed by atoms with van der Waals surface area (Å²) in [6.45, 7) is 4.68. The highest BCUT2D eigenvalue weighted by atomic mass is 14.9. The standard InChI is InChI=1S/C13H18N2/c1-13(2,11-14)15-10-6-9-12-7-4-3-5-8-12/h3-5,7-8,15H,6,9-10H2,1-2H3. The number of aryl methyl sites for hydroxylation is 1. The molecule has 80 valence electrons. The predicted molar refractivity (Wildman–Crippen MR) is 62.5 cm³/mol. The lowest BCUT2D eigenvalue weighted by molar-refractivity contribution is 0.479. The lowest BCUT2D eigenvalue weighted by atomic mass is 10.1.